The number of thioether (sulfide) groups is 1. The highest BCUT2D eigenvalue weighted by Crippen LogP contribution is 2.16. The molecule has 88 valence electrons. The normalized spacial score (nSPS) is 17.8. The molecule has 0 aromatic carbocycles. The number of amidine groups is 1. The van der Waals surface area contributed by atoms with Crippen LogP contribution in [0.15, 0.2) is 4.99 Å². The molecule has 1 heterocycles. The minimum atomic E-state index is 0.296. The smallest absolute Gasteiger partial charge is 0.156 e. The van der Waals surface area contributed by atoms with Crippen LogP contribution in [0.3, 0.4) is 0 Å². The van der Waals surface area contributed by atoms with Crippen LogP contribution < -0.4 is 5.32 Å². The van der Waals surface area contributed by atoms with E-state index in [0.717, 1.165) is 24.8 Å². The number of hydrogen-bond acceptors (Lipinski definition) is 4. The van der Waals surface area contributed by atoms with E-state index in [1.807, 2.05) is 11.8 Å². The van der Waals surface area contributed by atoms with Crippen molar-refractivity contribution < 1.29 is 0 Å². The average Bonchev–Trinajstić information content (AvgIpc) is 2.15. The van der Waals surface area contributed by atoms with Crippen LogP contribution in [0.25, 0.3) is 0 Å². The van der Waals surface area contributed by atoms with Crippen molar-refractivity contribution in [2.45, 2.75) is 20.3 Å². The van der Waals surface area contributed by atoms with Crippen molar-refractivity contribution in [1.82, 2.24) is 10.2 Å². The Labute approximate surface area is 97.7 Å². The first-order valence-corrected chi connectivity index (χ1v) is 6.54. The lowest BCUT2D eigenvalue weighted by atomic mass is 9.93. The Morgan fingerprint density at radius 3 is 2.73 bits per heavy atom. The molecule has 0 bridgehead atoms. The van der Waals surface area contributed by atoms with Gasteiger partial charge in [0.1, 0.15) is 0 Å². The Hall–Kier alpha value is -0.220. The Morgan fingerprint density at radius 2 is 2.20 bits per heavy atom. The van der Waals surface area contributed by atoms with E-state index in [2.05, 4.69) is 43.2 Å². The molecule has 0 radical (unpaired) electrons. The van der Waals surface area contributed by atoms with Gasteiger partial charge in [-0.2, -0.15) is 0 Å². The number of hydrogen-bond donors (Lipinski definition) is 1. The molecule has 0 saturated heterocycles. The van der Waals surface area contributed by atoms with E-state index in [4.69, 9.17) is 0 Å². The van der Waals surface area contributed by atoms with E-state index in [-0.39, 0.29) is 0 Å². The van der Waals surface area contributed by atoms with Crippen molar-refractivity contribution >= 4 is 16.9 Å². The van der Waals surface area contributed by atoms with Gasteiger partial charge in [-0.05, 0) is 25.9 Å². The Morgan fingerprint density at radius 1 is 1.47 bits per heavy atom. The van der Waals surface area contributed by atoms with Gasteiger partial charge in [0, 0.05) is 25.4 Å². The van der Waals surface area contributed by atoms with Crippen LogP contribution in [0, 0.1) is 5.41 Å². The predicted molar refractivity (Wildman–Crippen MR) is 69.7 cm³/mol. The molecule has 1 rings (SSSR count). The first kappa shape index (κ1) is 12.8. The van der Waals surface area contributed by atoms with E-state index in [9.17, 15) is 0 Å². The second-order valence-electron chi connectivity index (χ2n) is 5.14. The van der Waals surface area contributed by atoms with Crippen molar-refractivity contribution in [2.75, 3.05) is 39.5 Å². The zero-order valence-corrected chi connectivity index (χ0v) is 11.2. The highest BCUT2D eigenvalue weighted by molar-refractivity contribution is 8.13. The number of rotatable bonds is 4. The van der Waals surface area contributed by atoms with Gasteiger partial charge >= 0.3 is 0 Å². The second kappa shape index (κ2) is 5.75. The van der Waals surface area contributed by atoms with E-state index in [1.165, 1.54) is 12.2 Å². The van der Waals surface area contributed by atoms with Crippen LogP contribution in [0.2, 0.25) is 0 Å². The van der Waals surface area contributed by atoms with Crippen molar-refractivity contribution in [3.8, 4) is 0 Å². The summed E-state index contributed by atoms with van der Waals surface area (Å²) in [7, 11) is 4.24. The fourth-order valence-electron chi connectivity index (χ4n) is 1.79. The summed E-state index contributed by atoms with van der Waals surface area (Å²) in [5.74, 6) is 1.21. The lowest BCUT2D eigenvalue weighted by Gasteiger charge is -2.29. The summed E-state index contributed by atoms with van der Waals surface area (Å²) in [6.07, 6.45) is 1.22. The largest absolute Gasteiger partial charge is 0.364 e. The molecule has 0 atom stereocenters. The zero-order valence-electron chi connectivity index (χ0n) is 10.3. The lowest BCUT2D eigenvalue weighted by molar-refractivity contribution is 0.242. The second-order valence-corrected chi connectivity index (χ2v) is 6.23. The molecule has 1 aliphatic rings. The fourth-order valence-corrected chi connectivity index (χ4v) is 2.62. The summed E-state index contributed by atoms with van der Waals surface area (Å²) in [6.45, 7) is 7.65. The monoisotopic (exact) mass is 229 g/mol. The first-order valence-electron chi connectivity index (χ1n) is 5.55. The third kappa shape index (κ3) is 5.42. The highest BCUT2D eigenvalue weighted by atomic mass is 32.2. The maximum atomic E-state index is 4.47. The van der Waals surface area contributed by atoms with Crippen LogP contribution in [-0.4, -0.2) is 49.6 Å². The molecular weight excluding hydrogens is 206 g/mol. The van der Waals surface area contributed by atoms with Crippen LogP contribution in [0.1, 0.15) is 20.3 Å². The Bertz CT molecular complexity index is 224. The number of nitrogens with one attached hydrogen (secondary N) is 1. The molecule has 0 aromatic rings. The van der Waals surface area contributed by atoms with E-state index >= 15 is 0 Å². The minimum absolute atomic E-state index is 0.296. The lowest BCUT2D eigenvalue weighted by Crippen LogP contribution is -2.39. The van der Waals surface area contributed by atoms with E-state index in [0.29, 0.717) is 5.41 Å². The molecule has 1 N–H and O–H groups in total. The summed E-state index contributed by atoms with van der Waals surface area (Å²) in [6, 6.07) is 0. The minimum Gasteiger partial charge on any atom is -0.364 e. The van der Waals surface area contributed by atoms with Crippen LogP contribution in [-0.2, 0) is 0 Å². The van der Waals surface area contributed by atoms with E-state index in [1.54, 1.807) is 0 Å². The van der Waals surface area contributed by atoms with Gasteiger partial charge in [-0.15, -0.1) is 0 Å². The standard InChI is InChI=1S/C11H23N3S/c1-11(2,9-14(3)4)8-13-10-12-6-5-7-15-10/h5-9H2,1-4H3,(H,12,13). The highest BCUT2D eigenvalue weighted by Gasteiger charge is 2.19. The Balaban J connectivity index is 2.31. The average molecular weight is 229 g/mol. The molecule has 1 aliphatic heterocycles. The molecule has 15 heavy (non-hydrogen) atoms. The molecule has 0 unspecified atom stereocenters. The van der Waals surface area contributed by atoms with Gasteiger partial charge < -0.3 is 10.2 Å². The SMILES string of the molecule is CN(C)CC(C)(C)CNC1=NCCCS1. The fraction of sp³-hybridized carbons (Fsp3) is 0.909. The summed E-state index contributed by atoms with van der Waals surface area (Å²) < 4.78 is 0. The van der Waals surface area contributed by atoms with Crippen molar-refractivity contribution in [3.63, 3.8) is 0 Å². The van der Waals surface area contributed by atoms with Gasteiger partial charge in [0.05, 0.1) is 0 Å². The van der Waals surface area contributed by atoms with Gasteiger partial charge in [-0.3, -0.25) is 4.99 Å². The molecule has 0 aromatic heterocycles. The molecule has 0 saturated carbocycles. The van der Waals surface area contributed by atoms with Gasteiger partial charge in [0.15, 0.2) is 5.17 Å². The summed E-state index contributed by atoms with van der Waals surface area (Å²) in [5.41, 5.74) is 0.296. The molecule has 4 heteroatoms. The third-order valence-electron chi connectivity index (χ3n) is 2.26. The number of aliphatic imine (C=N–C) groups is 1. The molecule has 0 amide bonds. The van der Waals surface area contributed by atoms with Crippen molar-refractivity contribution in [3.05, 3.63) is 0 Å². The molecule has 0 aliphatic carbocycles. The zero-order chi connectivity index (χ0) is 11.3. The Kier molecular flexibility index (Phi) is 4.93. The van der Waals surface area contributed by atoms with Crippen LogP contribution >= 0.6 is 11.8 Å². The summed E-state index contributed by atoms with van der Waals surface area (Å²) in [5, 5.41) is 4.59. The molecular formula is C11H23N3S. The predicted octanol–water partition coefficient (Wildman–Crippen LogP) is 1.66. The van der Waals surface area contributed by atoms with Gasteiger partial charge in [0.25, 0.3) is 0 Å². The molecule has 3 nitrogen and oxygen atoms in total. The summed E-state index contributed by atoms with van der Waals surface area (Å²) >= 11 is 1.85. The first-order chi connectivity index (χ1) is 6.99. The van der Waals surface area contributed by atoms with Gasteiger partial charge in [0.2, 0.25) is 0 Å². The van der Waals surface area contributed by atoms with Crippen LogP contribution in [0.5, 0.6) is 0 Å². The third-order valence-corrected chi connectivity index (χ3v) is 3.30. The summed E-state index contributed by atoms with van der Waals surface area (Å²) in [4.78, 5) is 6.70. The van der Waals surface area contributed by atoms with E-state index < -0.39 is 0 Å². The van der Waals surface area contributed by atoms with Crippen molar-refractivity contribution in [1.29, 1.82) is 0 Å². The maximum Gasteiger partial charge on any atom is 0.156 e. The maximum absolute atomic E-state index is 4.47. The topological polar surface area (TPSA) is 27.6 Å². The molecule has 0 spiro atoms. The number of nitrogens with zero attached hydrogens (tertiary/aromatic N) is 2. The molecule has 0 fully saturated rings. The van der Waals surface area contributed by atoms with Crippen molar-refractivity contribution in [2.24, 2.45) is 10.4 Å². The van der Waals surface area contributed by atoms with Gasteiger partial charge in [-0.25, -0.2) is 0 Å². The van der Waals surface area contributed by atoms with Gasteiger partial charge in [-0.1, -0.05) is 25.6 Å². The quantitative estimate of drug-likeness (QED) is 0.794. The van der Waals surface area contributed by atoms with Crippen LogP contribution in [0.4, 0.5) is 0 Å².